The molecule has 1 atom stereocenters. The van der Waals surface area contributed by atoms with Gasteiger partial charge in [0.25, 0.3) is 0 Å². The van der Waals surface area contributed by atoms with Gasteiger partial charge in [0.15, 0.2) is 6.08 Å². The molecule has 2 aromatic carbocycles. The van der Waals surface area contributed by atoms with E-state index in [0.29, 0.717) is 0 Å². The second-order valence-corrected chi connectivity index (χ2v) is 6.77. The van der Waals surface area contributed by atoms with Gasteiger partial charge in [0.1, 0.15) is 11.5 Å². The lowest BCUT2D eigenvalue weighted by molar-refractivity contribution is -0.123. The van der Waals surface area contributed by atoms with Crippen molar-refractivity contribution < 1.29 is 30.6 Å². The lowest BCUT2D eigenvalue weighted by Crippen LogP contribution is -2.16. The summed E-state index contributed by atoms with van der Waals surface area (Å²) in [6.45, 7) is 0. The molecule has 0 bridgehead atoms. The summed E-state index contributed by atoms with van der Waals surface area (Å²) in [6, 6.07) is 9.66. The highest BCUT2D eigenvalue weighted by atomic mass is 35.5. The highest BCUT2D eigenvalue weighted by Gasteiger charge is 2.40. The van der Waals surface area contributed by atoms with Gasteiger partial charge in [-0.2, -0.15) is 8.42 Å². The molecule has 26 heavy (non-hydrogen) atoms. The number of Topliss-reactive ketones (excluding diaryl/α,β-unsaturated/α-hetero) is 1. The Morgan fingerprint density at radius 1 is 1.31 bits per heavy atom. The van der Waals surface area contributed by atoms with Crippen LogP contribution in [-0.4, -0.2) is 14.2 Å². The van der Waals surface area contributed by atoms with E-state index in [0.717, 1.165) is 18.2 Å². The van der Waals surface area contributed by atoms with Crippen molar-refractivity contribution in [2.24, 2.45) is 5.73 Å². The number of ether oxygens (including phenoxy) is 1. The first-order valence-corrected chi connectivity index (χ1v) is 8.87. The summed E-state index contributed by atoms with van der Waals surface area (Å²) >= 11 is 5.92. The molecule has 0 unspecified atom stereocenters. The molecule has 1 heterocycles. The Bertz CT molecular complexity index is 1130. The van der Waals surface area contributed by atoms with Crippen LogP contribution in [-0.2, 0) is 29.5 Å². The van der Waals surface area contributed by atoms with Gasteiger partial charge in [0, 0.05) is 10.6 Å². The first-order valence-electron chi connectivity index (χ1n) is 8.59. The highest BCUT2D eigenvalue weighted by molar-refractivity contribution is 7.86. The third kappa shape index (κ3) is 3.81. The molecule has 0 spiro atoms. The predicted octanol–water partition coefficient (Wildman–Crippen LogP) is 2.79. The monoisotopic (exact) mass is 400 g/mol. The standard InChI is InChI=1S/C17H13ClFNO5S/c18-13-7-6-11(19)8-12(13)15-14(21)16(17(20)24-15)25-26(22,23)9-10-4-2-1-3-5-10/h1-8,15H,9,20H2/t15-/m1/s1/i9D2,15D. The van der Waals surface area contributed by atoms with E-state index < -0.39 is 50.7 Å². The minimum Gasteiger partial charge on any atom is -0.460 e. The molecule has 2 N–H and O–H groups in total. The van der Waals surface area contributed by atoms with E-state index in [-0.39, 0.29) is 10.6 Å². The summed E-state index contributed by atoms with van der Waals surface area (Å²) in [5, 5.41) is -0.203. The summed E-state index contributed by atoms with van der Waals surface area (Å²) in [4.78, 5) is 12.7. The first-order chi connectivity index (χ1) is 13.4. The minimum absolute atomic E-state index is 0.203. The third-order valence-corrected chi connectivity index (χ3v) is 4.43. The fourth-order valence-corrected chi connectivity index (χ4v) is 3.17. The van der Waals surface area contributed by atoms with E-state index in [1.807, 2.05) is 0 Å². The summed E-state index contributed by atoms with van der Waals surface area (Å²) in [6.07, 6.45) is -2.70. The number of rotatable bonds is 5. The van der Waals surface area contributed by atoms with Crippen LogP contribution in [0, 0.1) is 5.82 Å². The molecule has 9 heteroatoms. The van der Waals surface area contributed by atoms with Gasteiger partial charge in [-0.3, -0.25) is 4.79 Å². The van der Waals surface area contributed by atoms with Crippen molar-refractivity contribution in [1.29, 1.82) is 0 Å². The number of nitrogens with two attached hydrogens (primary N) is 1. The van der Waals surface area contributed by atoms with Crippen LogP contribution in [0.15, 0.2) is 60.2 Å². The van der Waals surface area contributed by atoms with Crippen molar-refractivity contribution in [1.82, 2.24) is 0 Å². The molecule has 3 rings (SSSR count). The van der Waals surface area contributed by atoms with Gasteiger partial charge < -0.3 is 14.7 Å². The number of carbonyl (C=O) groups excluding carboxylic acids is 1. The van der Waals surface area contributed by atoms with E-state index >= 15 is 0 Å². The maximum Gasteiger partial charge on any atom is 0.313 e. The number of hydrogen-bond acceptors (Lipinski definition) is 6. The number of carbonyl (C=O) groups is 1. The fourth-order valence-electron chi connectivity index (χ4n) is 2.13. The second kappa shape index (κ2) is 6.97. The minimum atomic E-state index is -5.11. The molecule has 1 aliphatic heterocycles. The normalized spacial score (nSPS) is 22.4. The Labute approximate surface area is 158 Å². The van der Waals surface area contributed by atoms with Crippen molar-refractivity contribution in [3.05, 3.63) is 82.1 Å². The quantitative estimate of drug-likeness (QED) is 0.775. The molecule has 2 aromatic rings. The van der Waals surface area contributed by atoms with Gasteiger partial charge >= 0.3 is 10.1 Å². The zero-order valence-electron chi connectivity index (χ0n) is 15.9. The molecule has 0 saturated heterocycles. The predicted molar refractivity (Wildman–Crippen MR) is 91.6 cm³/mol. The second-order valence-electron chi connectivity index (χ2n) is 5.08. The maximum absolute atomic E-state index is 13.6. The molecular formula is C17H13ClFNO5S. The van der Waals surface area contributed by atoms with Crippen LogP contribution < -0.4 is 5.73 Å². The van der Waals surface area contributed by atoms with Crippen LogP contribution in [0.5, 0.6) is 0 Å². The van der Waals surface area contributed by atoms with E-state index in [9.17, 15) is 17.6 Å². The topological polar surface area (TPSA) is 95.7 Å². The van der Waals surface area contributed by atoms with Crippen molar-refractivity contribution in [2.45, 2.75) is 11.8 Å². The van der Waals surface area contributed by atoms with Gasteiger partial charge in [-0.15, -0.1) is 0 Å². The third-order valence-electron chi connectivity index (χ3n) is 3.23. The molecule has 0 aliphatic carbocycles. The average molecular weight is 401 g/mol. The van der Waals surface area contributed by atoms with Crippen molar-refractivity contribution in [3.8, 4) is 0 Å². The van der Waals surface area contributed by atoms with E-state index in [1.54, 1.807) is 6.07 Å². The fraction of sp³-hybridized carbons (Fsp3) is 0.118. The van der Waals surface area contributed by atoms with Crippen LogP contribution in [0.4, 0.5) is 4.39 Å². The molecule has 136 valence electrons. The van der Waals surface area contributed by atoms with Crippen molar-refractivity contribution in [3.63, 3.8) is 0 Å². The molecule has 6 nitrogen and oxygen atoms in total. The Kier molecular flexibility index (Phi) is 3.91. The van der Waals surface area contributed by atoms with Gasteiger partial charge in [-0.1, -0.05) is 41.9 Å². The number of hydrogen-bond donors (Lipinski definition) is 1. The lowest BCUT2D eigenvalue weighted by Gasteiger charge is -2.11. The Morgan fingerprint density at radius 3 is 2.69 bits per heavy atom. The van der Waals surface area contributed by atoms with Crippen molar-refractivity contribution >= 4 is 27.5 Å². The lowest BCUT2D eigenvalue weighted by atomic mass is 10.1. The Morgan fingerprint density at radius 2 is 2.00 bits per heavy atom. The molecule has 0 amide bonds. The van der Waals surface area contributed by atoms with Gasteiger partial charge in [-0.05, 0) is 23.8 Å². The number of benzene rings is 2. The molecule has 0 fully saturated rings. The Balaban J connectivity index is 1.97. The van der Waals surface area contributed by atoms with Crippen LogP contribution in [0.1, 0.15) is 21.3 Å². The first kappa shape index (κ1) is 14.6. The van der Waals surface area contributed by atoms with Gasteiger partial charge in [-0.25, -0.2) is 4.39 Å². The SMILES string of the molecule is [2H]C([2H])(c1ccccc1)S(=O)(=O)OC1=C(N)O[C@]([2H])(c2cc(F)ccc2Cl)C1=O. The van der Waals surface area contributed by atoms with E-state index in [4.69, 9.17) is 26.2 Å². The number of halogens is 2. The summed E-state index contributed by atoms with van der Waals surface area (Å²) in [5.74, 6) is -4.18. The summed E-state index contributed by atoms with van der Waals surface area (Å²) < 4.78 is 72.3. The smallest absolute Gasteiger partial charge is 0.313 e. The van der Waals surface area contributed by atoms with Crippen LogP contribution in [0.25, 0.3) is 0 Å². The van der Waals surface area contributed by atoms with E-state index in [1.165, 1.54) is 24.3 Å². The molecule has 1 aliphatic rings. The highest BCUT2D eigenvalue weighted by Crippen LogP contribution is 2.36. The number of ketones is 1. The zero-order chi connectivity index (χ0) is 21.6. The van der Waals surface area contributed by atoms with Crippen LogP contribution in [0.2, 0.25) is 5.02 Å². The van der Waals surface area contributed by atoms with Gasteiger partial charge in [0.2, 0.25) is 17.4 Å². The van der Waals surface area contributed by atoms with Crippen LogP contribution in [0.3, 0.4) is 0 Å². The summed E-state index contributed by atoms with van der Waals surface area (Å²) in [5.41, 5.74) is 1.80. The van der Waals surface area contributed by atoms with Gasteiger partial charge in [0.05, 0.1) is 4.11 Å². The van der Waals surface area contributed by atoms with Crippen molar-refractivity contribution in [2.75, 3.05) is 0 Å². The summed E-state index contributed by atoms with van der Waals surface area (Å²) in [7, 11) is -5.11. The largest absolute Gasteiger partial charge is 0.460 e. The molecule has 0 aromatic heterocycles. The van der Waals surface area contributed by atoms with E-state index in [2.05, 4.69) is 4.18 Å². The Hall–Kier alpha value is -2.58. The zero-order valence-corrected chi connectivity index (χ0v) is 14.5. The molecule has 0 saturated carbocycles. The maximum atomic E-state index is 13.6. The molecular weight excluding hydrogens is 385 g/mol. The molecule has 0 radical (unpaired) electrons. The van der Waals surface area contributed by atoms with Crippen LogP contribution >= 0.6 is 11.6 Å². The average Bonchev–Trinajstić information content (AvgIpc) is 2.88.